The number of amides is 1. The van der Waals surface area contributed by atoms with Crippen molar-refractivity contribution < 1.29 is 9.90 Å². The van der Waals surface area contributed by atoms with E-state index in [4.69, 9.17) is 5.53 Å². The highest BCUT2D eigenvalue weighted by Crippen LogP contribution is 2.32. The molecule has 1 aliphatic heterocycles. The highest BCUT2D eigenvalue weighted by atomic mass is 79.9. The molecule has 1 unspecified atom stereocenters. The first kappa shape index (κ1) is 12.7. The zero-order valence-electron chi connectivity index (χ0n) is 9.32. The molecule has 1 atom stereocenters. The van der Waals surface area contributed by atoms with Crippen LogP contribution in [0.4, 0.5) is 5.82 Å². The minimum absolute atomic E-state index is 0.0294. The van der Waals surface area contributed by atoms with Crippen LogP contribution in [0.15, 0.2) is 21.9 Å². The third kappa shape index (κ3) is 2.55. The minimum atomic E-state index is -0.127. The summed E-state index contributed by atoms with van der Waals surface area (Å²) in [7, 11) is 0. The van der Waals surface area contributed by atoms with E-state index in [0.29, 0.717) is 17.4 Å². The number of azide groups is 1. The molecule has 0 saturated carbocycles. The number of aromatic nitrogens is 1. The molecule has 1 fully saturated rings. The van der Waals surface area contributed by atoms with Gasteiger partial charge < -0.3 is 5.11 Å². The molecule has 7 nitrogen and oxygen atoms in total. The molecule has 0 spiro atoms. The number of aromatic hydroxyl groups is 1. The number of carbonyl (C=O) groups excluding carboxylic acids is 1. The first-order chi connectivity index (χ1) is 8.61. The van der Waals surface area contributed by atoms with Crippen LogP contribution in [0.3, 0.4) is 0 Å². The minimum Gasteiger partial charge on any atom is -0.504 e. The van der Waals surface area contributed by atoms with Crippen LogP contribution >= 0.6 is 15.9 Å². The van der Waals surface area contributed by atoms with Gasteiger partial charge in [-0.3, -0.25) is 9.69 Å². The molecule has 94 valence electrons. The van der Waals surface area contributed by atoms with Gasteiger partial charge in [-0.05, 0) is 33.4 Å². The lowest BCUT2D eigenvalue weighted by atomic mass is 10.1. The standard InChI is InChI=1S/C10H10BrN5O2/c11-7-2-8(17)10(13-4-7)16-5-6(1-9(16)18)3-14-15-12/h2,4,6,17H,1,3,5H2. The molecule has 0 radical (unpaired) electrons. The number of carbonyl (C=O) groups is 1. The molecule has 1 aromatic rings. The van der Waals surface area contributed by atoms with E-state index >= 15 is 0 Å². The van der Waals surface area contributed by atoms with E-state index < -0.39 is 0 Å². The lowest BCUT2D eigenvalue weighted by Crippen LogP contribution is -2.25. The van der Waals surface area contributed by atoms with Crippen LogP contribution < -0.4 is 4.90 Å². The van der Waals surface area contributed by atoms with Crippen molar-refractivity contribution in [3.63, 3.8) is 0 Å². The van der Waals surface area contributed by atoms with Gasteiger partial charge in [-0.2, -0.15) is 0 Å². The second kappa shape index (κ2) is 5.24. The van der Waals surface area contributed by atoms with E-state index in [2.05, 4.69) is 30.9 Å². The van der Waals surface area contributed by atoms with Crippen molar-refractivity contribution >= 4 is 27.7 Å². The van der Waals surface area contributed by atoms with Gasteiger partial charge in [0.2, 0.25) is 5.91 Å². The van der Waals surface area contributed by atoms with Crippen molar-refractivity contribution in [2.45, 2.75) is 6.42 Å². The smallest absolute Gasteiger partial charge is 0.228 e. The molecule has 2 heterocycles. The average Bonchev–Trinajstić information content (AvgIpc) is 2.68. The summed E-state index contributed by atoms with van der Waals surface area (Å²) < 4.78 is 0.640. The van der Waals surface area contributed by atoms with Crippen LogP contribution in [-0.2, 0) is 4.79 Å². The van der Waals surface area contributed by atoms with Gasteiger partial charge in [0.05, 0.1) is 0 Å². The van der Waals surface area contributed by atoms with Crippen molar-refractivity contribution in [1.29, 1.82) is 0 Å². The molecule has 2 rings (SSSR count). The Bertz CT molecular complexity index is 529. The molecular weight excluding hydrogens is 302 g/mol. The molecular formula is C10H10BrN5O2. The van der Waals surface area contributed by atoms with Gasteiger partial charge >= 0.3 is 0 Å². The Morgan fingerprint density at radius 1 is 1.72 bits per heavy atom. The summed E-state index contributed by atoms with van der Waals surface area (Å²) in [6.45, 7) is 0.677. The number of hydrogen-bond acceptors (Lipinski definition) is 4. The zero-order chi connectivity index (χ0) is 13.1. The zero-order valence-corrected chi connectivity index (χ0v) is 10.9. The largest absolute Gasteiger partial charge is 0.504 e. The topological polar surface area (TPSA) is 102 Å². The lowest BCUT2D eigenvalue weighted by Gasteiger charge is -2.16. The molecule has 0 aromatic carbocycles. The van der Waals surface area contributed by atoms with Gasteiger partial charge in [0, 0.05) is 35.1 Å². The molecule has 18 heavy (non-hydrogen) atoms. The molecule has 8 heteroatoms. The Morgan fingerprint density at radius 2 is 2.50 bits per heavy atom. The maximum atomic E-state index is 11.8. The average molecular weight is 312 g/mol. The first-order valence-electron chi connectivity index (χ1n) is 5.27. The number of pyridine rings is 1. The van der Waals surface area contributed by atoms with Crippen LogP contribution in [0.25, 0.3) is 10.4 Å². The van der Waals surface area contributed by atoms with E-state index in [0.717, 1.165) is 0 Å². The monoisotopic (exact) mass is 311 g/mol. The van der Waals surface area contributed by atoms with Crippen molar-refractivity contribution in [3.8, 4) is 5.75 Å². The summed E-state index contributed by atoms with van der Waals surface area (Å²) in [5.74, 6) is 0.0327. The van der Waals surface area contributed by atoms with Gasteiger partial charge in [0.15, 0.2) is 11.6 Å². The Kier molecular flexibility index (Phi) is 3.69. The van der Waals surface area contributed by atoms with E-state index in [9.17, 15) is 9.90 Å². The Hall–Kier alpha value is -1.79. The Labute approximate surface area is 111 Å². The lowest BCUT2D eigenvalue weighted by molar-refractivity contribution is -0.117. The number of anilines is 1. The SMILES string of the molecule is [N-]=[N+]=NCC1CC(=O)N(c2ncc(Br)cc2O)C1. The number of nitrogens with zero attached hydrogens (tertiary/aromatic N) is 5. The highest BCUT2D eigenvalue weighted by Gasteiger charge is 2.32. The third-order valence-corrected chi connectivity index (χ3v) is 3.11. The van der Waals surface area contributed by atoms with Crippen LogP contribution in [0.2, 0.25) is 0 Å². The molecule has 1 aliphatic rings. The maximum Gasteiger partial charge on any atom is 0.228 e. The quantitative estimate of drug-likeness (QED) is 0.526. The summed E-state index contributed by atoms with van der Waals surface area (Å²) in [6.07, 6.45) is 1.82. The van der Waals surface area contributed by atoms with E-state index in [1.54, 1.807) is 0 Å². The summed E-state index contributed by atoms with van der Waals surface area (Å²) >= 11 is 3.18. The predicted octanol–water partition coefficient (Wildman–Crippen LogP) is 2.21. The van der Waals surface area contributed by atoms with Crippen molar-refractivity contribution in [3.05, 3.63) is 27.2 Å². The molecule has 1 N–H and O–H groups in total. The number of halogens is 1. The molecule has 1 aromatic heterocycles. The fourth-order valence-corrected chi connectivity index (χ4v) is 2.21. The molecule has 0 bridgehead atoms. The second-order valence-corrected chi connectivity index (χ2v) is 4.90. The fourth-order valence-electron chi connectivity index (χ4n) is 1.89. The van der Waals surface area contributed by atoms with E-state index in [1.807, 2.05) is 0 Å². The van der Waals surface area contributed by atoms with Crippen molar-refractivity contribution in [2.75, 3.05) is 18.0 Å². The van der Waals surface area contributed by atoms with Gasteiger partial charge in [0.25, 0.3) is 0 Å². The van der Waals surface area contributed by atoms with Crippen molar-refractivity contribution in [2.24, 2.45) is 11.0 Å². The summed E-state index contributed by atoms with van der Waals surface area (Å²) in [5, 5.41) is 13.2. The van der Waals surface area contributed by atoms with Gasteiger partial charge in [-0.1, -0.05) is 5.11 Å². The third-order valence-electron chi connectivity index (χ3n) is 2.68. The van der Waals surface area contributed by atoms with E-state index in [-0.39, 0.29) is 29.9 Å². The Morgan fingerprint density at radius 3 is 3.17 bits per heavy atom. The Balaban J connectivity index is 2.18. The summed E-state index contributed by atoms with van der Waals surface area (Å²) in [5.41, 5.74) is 8.25. The van der Waals surface area contributed by atoms with Gasteiger partial charge in [0.1, 0.15) is 0 Å². The van der Waals surface area contributed by atoms with Crippen LogP contribution in [0.1, 0.15) is 6.42 Å². The fraction of sp³-hybridized carbons (Fsp3) is 0.400. The van der Waals surface area contributed by atoms with E-state index in [1.165, 1.54) is 17.2 Å². The molecule has 0 aliphatic carbocycles. The number of hydrogen-bond donors (Lipinski definition) is 1. The highest BCUT2D eigenvalue weighted by molar-refractivity contribution is 9.10. The summed E-state index contributed by atoms with van der Waals surface area (Å²) in [6, 6.07) is 1.48. The van der Waals surface area contributed by atoms with Crippen LogP contribution in [0, 0.1) is 5.92 Å². The van der Waals surface area contributed by atoms with Crippen LogP contribution in [-0.4, -0.2) is 29.1 Å². The second-order valence-electron chi connectivity index (χ2n) is 3.98. The molecule has 1 amide bonds. The predicted molar refractivity (Wildman–Crippen MR) is 68.1 cm³/mol. The summed E-state index contributed by atoms with van der Waals surface area (Å²) in [4.78, 5) is 19.9. The van der Waals surface area contributed by atoms with Crippen molar-refractivity contribution in [1.82, 2.24) is 4.98 Å². The van der Waals surface area contributed by atoms with Gasteiger partial charge in [-0.15, -0.1) is 0 Å². The number of rotatable bonds is 3. The normalized spacial score (nSPS) is 18.8. The first-order valence-corrected chi connectivity index (χ1v) is 6.07. The van der Waals surface area contributed by atoms with Crippen LogP contribution in [0.5, 0.6) is 5.75 Å². The molecule has 1 saturated heterocycles. The van der Waals surface area contributed by atoms with Gasteiger partial charge in [-0.25, -0.2) is 4.98 Å². The maximum absolute atomic E-state index is 11.8.